The molecule has 1 N–H and O–H groups in total. The molecule has 0 aromatic carbocycles. The first kappa shape index (κ1) is 13.7. The number of ether oxygens (including phenoxy) is 2. The highest BCUT2D eigenvalue weighted by atomic mass is 32.2. The molecule has 2 rings (SSSR count). The van der Waals surface area contributed by atoms with Crippen LogP contribution in [0.15, 0.2) is 4.99 Å². The molecule has 6 heteroatoms. The van der Waals surface area contributed by atoms with Gasteiger partial charge in [-0.3, -0.25) is 9.79 Å². The van der Waals surface area contributed by atoms with E-state index in [0.717, 1.165) is 5.17 Å². The van der Waals surface area contributed by atoms with Crippen molar-refractivity contribution in [2.75, 3.05) is 13.7 Å². The van der Waals surface area contributed by atoms with Crippen LogP contribution in [0.2, 0.25) is 0 Å². The molecule has 0 radical (unpaired) electrons. The van der Waals surface area contributed by atoms with Crippen LogP contribution in [0.3, 0.4) is 0 Å². The summed E-state index contributed by atoms with van der Waals surface area (Å²) in [6, 6.07) is 0.195. The summed E-state index contributed by atoms with van der Waals surface area (Å²) in [5, 5.41) is 4.00. The van der Waals surface area contributed by atoms with E-state index < -0.39 is 0 Å². The van der Waals surface area contributed by atoms with Crippen molar-refractivity contribution < 1.29 is 14.3 Å². The predicted molar refractivity (Wildman–Crippen MR) is 71.5 cm³/mol. The van der Waals surface area contributed by atoms with Crippen molar-refractivity contribution in [2.45, 2.75) is 38.4 Å². The van der Waals surface area contributed by atoms with Crippen LogP contribution in [0.1, 0.15) is 20.8 Å². The van der Waals surface area contributed by atoms with Crippen LogP contribution in [-0.4, -0.2) is 42.4 Å². The van der Waals surface area contributed by atoms with E-state index >= 15 is 0 Å². The third-order valence-corrected chi connectivity index (χ3v) is 4.86. The van der Waals surface area contributed by atoms with Crippen LogP contribution >= 0.6 is 11.8 Å². The van der Waals surface area contributed by atoms with Crippen LogP contribution in [-0.2, 0) is 14.3 Å². The number of fused-ring (bicyclic) bond motifs is 1. The lowest BCUT2D eigenvalue weighted by molar-refractivity contribution is -0.152. The molecule has 0 saturated carbocycles. The Bertz CT molecular complexity index is 361. The number of carbonyl (C=O) groups is 1. The summed E-state index contributed by atoms with van der Waals surface area (Å²) >= 11 is 1.61. The summed E-state index contributed by atoms with van der Waals surface area (Å²) in [7, 11) is 1.87. The fraction of sp³-hybridized carbons (Fsp3) is 0.833. The van der Waals surface area contributed by atoms with E-state index in [1.807, 2.05) is 7.05 Å². The molecule has 2 aliphatic heterocycles. The highest BCUT2D eigenvalue weighted by Crippen LogP contribution is 2.41. The van der Waals surface area contributed by atoms with Crippen LogP contribution in [0, 0.1) is 11.8 Å². The fourth-order valence-corrected chi connectivity index (χ4v) is 3.51. The quantitative estimate of drug-likeness (QED) is 0.766. The monoisotopic (exact) mass is 272 g/mol. The molecular weight excluding hydrogens is 252 g/mol. The predicted octanol–water partition coefficient (Wildman–Crippen LogP) is 1.24. The number of carbonyl (C=O) groups excluding carboxylic acids is 1. The van der Waals surface area contributed by atoms with Crippen molar-refractivity contribution in [3.63, 3.8) is 0 Å². The van der Waals surface area contributed by atoms with Crippen LogP contribution in [0.5, 0.6) is 0 Å². The molecule has 0 unspecified atom stereocenters. The van der Waals surface area contributed by atoms with Gasteiger partial charge >= 0.3 is 5.97 Å². The van der Waals surface area contributed by atoms with Crippen molar-refractivity contribution in [1.82, 2.24) is 5.32 Å². The van der Waals surface area contributed by atoms with Gasteiger partial charge in [-0.2, -0.15) is 0 Å². The fourth-order valence-electron chi connectivity index (χ4n) is 2.34. The van der Waals surface area contributed by atoms with E-state index in [1.54, 1.807) is 11.8 Å². The molecule has 0 spiro atoms. The largest absolute Gasteiger partial charge is 0.463 e. The third-order valence-electron chi connectivity index (χ3n) is 3.70. The lowest BCUT2D eigenvalue weighted by atomic mass is 9.83. The molecule has 0 bridgehead atoms. The maximum Gasteiger partial charge on any atom is 0.302 e. The van der Waals surface area contributed by atoms with E-state index in [9.17, 15) is 4.79 Å². The SMILES string of the molecule is CNC1=N[C@@H]2[C@@H](C)[C@H](C)[C@@H](COC(C)=O)O[C@@H]2S1. The maximum absolute atomic E-state index is 10.9. The Morgan fingerprint density at radius 1 is 1.50 bits per heavy atom. The molecule has 5 nitrogen and oxygen atoms in total. The highest BCUT2D eigenvalue weighted by molar-refractivity contribution is 8.14. The molecule has 0 aromatic rings. The van der Waals surface area contributed by atoms with Gasteiger partial charge < -0.3 is 14.8 Å². The summed E-state index contributed by atoms with van der Waals surface area (Å²) in [5.74, 6) is 0.487. The lowest BCUT2D eigenvalue weighted by Gasteiger charge is -2.40. The van der Waals surface area contributed by atoms with E-state index in [4.69, 9.17) is 9.47 Å². The number of hydrogen-bond donors (Lipinski definition) is 1. The Kier molecular flexibility index (Phi) is 4.17. The van der Waals surface area contributed by atoms with Crippen molar-refractivity contribution in [1.29, 1.82) is 0 Å². The summed E-state index contributed by atoms with van der Waals surface area (Å²) in [6.45, 7) is 6.08. The summed E-state index contributed by atoms with van der Waals surface area (Å²) < 4.78 is 11.1. The van der Waals surface area contributed by atoms with Crippen LogP contribution in [0.4, 0.5) is 0 Å². The molecule has 1 saturated heterocycles. The smallest absolute Gasteiger partial charge is 0.302 e. The number of aliphatic imine (C=N–C) groups is 1. The zero-order valence-corrected chi connectivity index (χ0v) is 12.0. The van der Waals surface area contributed by atoms with Crippen molar-refractivity contribution in [3.8, 4) is 0 Å². The topological polar surface area (TPSA) is 59.9 Å². The van der Waals surface area contributed by atoms with Gasteiger partial charge in [-0.1, -0.05) is 25.6 Å². The number of nitrogens with zero attached hydrogens (tertiary/aromatic N) is 1. The number of thioether (sulfide) groups is 1. The standard InChI is InChI=1S/C12H20N2O3S/c1-6-7(2)10-11(18-12(13-4)14-10)17-9(6)5-16-8(3)15/h6-7,9-11H,5H2,1-4H3,(H,13,14)/t6-,7-,9+,10+,11+/m0/s1. The number of hydrogen-bond acceptors (Lipinski definition) is 6. The molecule has 18 heavy (non-hydrogen) atoms. The minimum atomic E-state index is -0.258. The molecule has 0 aromatic heterocycles. The van der Waals surface area contributed by atoms with E-state index in [-0.39, 0.29) is 23.6 Å². The van der Waals surface area contributed by atoms with E-state index in [1.165, 1.54) is 6.92 Å². The first-order valence-electron chi connectivity index (χ1n) is 6.24. The van der Waals surface area contributed by atoms with Crippen LogP contribution in [0.25, 0.3) is 0 Å². The molecule has 2 aliphatic rings. The Hall–Kier alpha value is -0.750. The zero-order chi connectivity index (χ0) is 13.3. The van der Waals surface area contributed by atoms with Gasteiger partial charge in [-0.15, -0.1) is 0 Å². The van der Waals surface area contributed by atoms with Gasteiger partial charge in [-0.05, 0) is 11.8 Å². The summed E-state index contributed by atoms with van der Waals surface area (Å²) in [4.78, 5) is 15.5. The van der Waals surface area contributed by atoms with Gasteiger partial charge in [-0.25, -0.2) is 0 Å². The number of esters is 1. The highest BCUT2D eigenvalue weighted by Gasteiger charge is 2.45. The minimum Gasteiger partial charge on any atom is -0.463 e. The number of amidine groups is 1. The summed E-state index contributed by atoms with van der Waals surface area (Å²) in [6.07, 6.45) is -0.0379. The Morgan fingerprint density at radius 2 is 2.22 bits per heavy atom. The van der Waals surface area contributed by atoms with Crippen molar-refractivity contribution in [2.24, 2.45) is 16.8 Å². The van der Waals surface area contributed by atoms with E-state index in [2.05, 4.69) is 24.2 Å². The van der Waals surface area contributed by atoms with Crippen LogP contribution < -0.4 is 5.32 Å². The molecule has 102 valence electrons. The van der Waals surface area contributed by atoms with Gasteiger partial charge in [0.1, 0.15) is 12.0 Å². The average molecular weight is 272 g/mol. The second-order valence-electron chi connectivity index (χ2n) is 4.86. The Balaban J connectivity index is 2.01. The van der Waals surface area contributed by atoms with E-state index in [0.29, 0.717) is 18.4 Å². The third kappa shape index (κ3) is 2.64. The average Bonchev–Trinajstić information content (AvgIpc) is 2.75. The zero-order valence-electron chi connectivity index (χ0n) is 11.2. The van der Waals surface area contributed by atoms with Gasteiger partial charge in [0.05, 0.1) is 12.1 Å². The maximum atomic E-state index is 10.9. The van der Waals surface area contributed by atoms with Crippen molar-refractivity contribution in [3.05, 3.63) is 0 Å². The first-order valence-corrected chi connectivity index (χ1v) is 7.12. The lowest BCUT2D eigenvalue weighted by Crippen LogP contribution is -2.47. The molecule has 0 amide bonds. The molecule has 0 aliphatic carbocycles. The summed E-state index contributed by atoms with van der Waals surface area (Å²) in [5.41, 5.74) is 0.0409. The molecule has 1 fully saturated rings. The molecule has 5 atom stereocenters. The number of nitrogens with one attached hydrogen (secondary N) is 1. The van der Waals surface area contributed by atoms with Gasteiger partial charge in [0.15, 0.2) is 5.17 Å². The first-order chi connectivity index (χ1) is 8.52. The van der Waals surface area contributed by atoms with Gasteiger partial charge in [0.25, 0.3) is 0 Å². The molecular formula is C12H20N2O3S. The Morgan fingerprint density at radius 3 is 2.83 bits per heavy atom. The second kappa shape index (κ2) is 5.48. The van der Waals surface area contributed by atoms with Gasteiger partial charge in [0.2, 0.25) is 0 Å². The second-order valence-corrected chi connectivity index (χ2v) is 5.94. The van der Waals surface area contributed by atoms with Crippen molar-refractivity contribution >= 4 is 22.9 Å². The normalized spacial score (nSPS) is 38.9. The minimum absolute atomic E-state index is 0.0379. The Labute approximate surface area is 112 Å². The molecule has 2 heterocycles. The van der Waals surface area contributed by atoms with Gasteiger partial charge in [0, 0.05) is 14.0 Å². The number of rotatable bonds is 2.